The highest BCUT2D eigenvalue weighted by Gasteiger charge is 2.25. The van der Waals surface area contributed by atoms with Crippen LogP contribution in [0, 0.1) is 0 Å². The Morgan fingerprint density at radius 2 is 1.90 bits per heavy atom. The highest BCUT2D eigenvalue weighted by molar-refractivity contribution is 6.05. The van der Waals surface area contributed by atoms with Gasteiger partial charge < -0.3 is 5.32 Å². The van der Waals surface area contributed by atoms with E-state index in [9.17, 15) is 4.79 Å². The normalized spacial score (nSPS) is 17.1. The Kier molecular flexibility index (Phi) is 3.02. The molecule has 0 atom stereocenters. The van der Waals surface area contributed by atoms with Gasteiger partial charge >= 0.3 is 0 Å². The molecule has 0 spiro atoms. The lowest BCUT2D eigenvalue weighted by atomic mass is 9.96. The third-order valence-corrected chi connectivity index (χ3v) is 3.46. The van der Waals surface area contributed by atoms with Gasteiger partial charge in [-0.2, -0.15) is 0 Å². The minimum absolute atomic E-state index is 0.198. The molecule has 0 radical (unpaired) electrons. The average molecular weight is 278 g/mol. The quantitative estimate of drug-likeness (QED) is 0.917. The summed E-state index contributed by atoms with van der Waals surface area (Å²) in [4.78, 5) is 12.4. The summed E-state index contributed by atoms with van der Waals surface area (Å²) in [6.45, 7) is 7.59. The minimum Gasteiger partial charge on any atom is -0.321 e. The van der Waals surface area contributed by atoms with Crippen LogP contribution in [0.25, 0.3) is 16.8 Å². The van der Waals surface area contributed by atoms with Crippen molar-refractivity contribution in [3.63, 3.8) is 0 Å². The van der Waals surface area contributed by atoms with Crippen molar-refractivity contribution in [2.75, 3.05) is 0 Å². The lowest BCUT2D eigenvalue weighted by Crippen LogP contribution is -2.25. The first-order chi connectivity index (χ1) is 10.2. The molecule has 3 rings (SSSR count). The van der Waals surface area contributed by atoms with E-state index in [0.717, 1.165) is 16.8 Å². The fourth-order valence-electron chi connectivity index (χ4n) is 2.48. The summed E-state index contributed by atoms with van der Waals surface area (Å²) in [6, 6.07) is 7.32. The highest BCUT2D eigenvalue weighted by atomic mass is 16.1. The van der Waals surface area contributed by atoms with Crippen LogP contribution in [0.4, 0.5) is 0 Å². The summed E-state index contributed by atoms with van der Waals surface area (Å²) in [7, 11) is 1.81. The number of fused-ring (bicyclic) bond motifs is 3. The second kappa shape index (κ2) is 4.86. The van der Waals surface area contributed by atoms with Gasteiger partial charge in [0.25, 0.3) is 5.91 Å². The standard InChI is InChI=1S/C16H14N4O/c1-4-10-13(5-2)17-16(21)12-9-7-6-8-11(12)14-15(10)20(3)19-18-14/h4-9H,1-2H2,3H3,(H,17,21). The van der Waals surface area contributed by atoms with Crippen molar-refractivity contribution in [3.05, 3.63) is 66.5 Å². The third kappa shape index (κ3) is 1.90. The molecular formula is C16H14N4O. The van der Waals surface area contributed by atoms with Gasteiger partial charge in [-0.05, 0) is 12.1 Å². The zero-order valence-electron chi connectivity index (χ0n) is 11.6. The lowest BCUT2D eigenvalue weighted by Gasteiger charge is -2.17. The van der Waals surface area contributed by atoms with E-state index in [0.29, 0.717) is 17.0 Å². The highest BCUT2D eigenvalue weighted by Crippen LogP contribution is 2.33. The SMILES string of the molecule is C=C/C1=C(\C=C)c2c(nnn2C)-c2ccccc2C(=O)N1. The smallest absolute Gasteiger partial charge is 0.256 e. The van der Waals surface area contributed by atoms with Gasteiger partial charge in [0.05, 0.1) is 5.69 Å². The minimum atomic E-state index is -0.198. The van der Waals surface area contributed by atoms with Gasteiger partial charge in [0.15, 0.2) is 0 Å². The molecule has 0 unspecified atom stereocenters. The van der Waals surface area contributed by atoms with Gasteiger partial charge in [-0.15, -0.1) is 5.10 Å². The van der Waals surface area contributed by atoms with Gasteiger partial charge in [-0.1, -0.05) is 42.6 Å². The summed E-state index contributed by atoms with van der Waals surface area (Å²) in [5.41, 5.74) is 4.11. The van der Waals surface area contributed by atoms with Crippen LogP contribution in [0.3, 0.4) is 0 Å². The van der Waals surface area contributed by atoms with Crippen LogP contribution in [-0.2, 0) is 7.05 Å². The van der Waals surface area contributed by atoms with E-state index in [1.165, 1.54) is 0 Å². The lowest BCUT2D eigenvalue weighted by molar-refractivity contribution is 0.0968. The van der Waals surface area contributed by atoms with Crippen molar-refractivity contribution in [1.82, 2.24) is 20.3 Å². The first kappa shape index (κ1) is 13.1. The fourth-order valence-corrected chi connectivity index (χ4v) is 2.48. The number of hydrogen-bond donors (Lipinski definition) is 1. The second-order valence-electron chi connectivity index (χ2n) is 4.65. The maximum atomic E-state index is 12.4. The third-order valence-electron chi connectivity index (χ3n) is 3.46. The predicted molar refractivity (Wildman–Crippen MR) is 81.2 cm³/mol. The molecule has 1 aromatic carbocycles. The number of carbonyl (C=O) groups excluding carboxylic acids is 1. The van der Waals surface area contributed by atoms with Crippen LogP contribution in [0.5, 0.6) is 0 Å². The van der Waals surface area contributed by atoms with Crippen LogP contribution in [0.15, 0.2) is 55.3 Å². The van der Waals surface area contributed by atoms with Crippen LogP contribution in [0.1, 0.15) is 16.1 Å². The van der Waals surface area contributed by atoms with E-state index in [1.807, 2.05) is 25.2 Å². The Morgan fingerprint density at radius 3 is 2.57 bits per heavy atom. The number of hydrogen-bond acceptors (Lipinski definition) is 3. The first-order valence-corrected chi connectivity index (χ1v) is 6.47. The number of aromatic nitrogens is 3. The molecule has 1 amide bonds. The topological polar surface area (TPSA) is 59.8 Å². The predicted octanol–water partition coefficient (Wildman–Crippen LogP) is 2.31. The number of carbonyl (C=O) groups is 1. The monoisotopic (exact) mass is 278 g/mol. The number of rotatable bonds is 2. The van der Waals surface area contributed by atoms with Gasteiger partial charge in [0.2, 0.25) is 0 Å². The molecule has 0 bridgehead atoms. The van der Waals surface area contributed by atoms with E-state index < -0.39 is 0 Å². The van der Waals surface area contributed by atoms with Crippen molar-refractivity contribution in [2.45, 2.75) is 0 Å². The molecule has 1 aromatic heterocycles. The molecule has 1 aliphatic rings. The molecular weight excluding hydrogens is 264 g/mol. The maximum Gasteiger partial charge on any atom is 0.256 e. The van der Waals surface area contributed by atoms with Crippen LogP contribution < -0.4 is 5.32 Å². The number of aryl methyl sites for hydroxylation is 1. The Balaban J connectivity index is 2.43. The fraction of sp³-hybridized carbons (Fsp3) is 0.0625. The average Bonchev–Trinajstić information content (AvgIpc) is 2.87. The number of nitrogens with zero attached hydrogens (tertiary/aromatic N) is 3. The number of benzene rings is 1. The van der Waals surface area contributed by atoms with E-state index in [1.54, 1.807) is 22.9 Å². The molecule has 0 aliphatic carbocycles. The molecule has 2 heterocycles. The molecule has 0 saturated carbocycles. The summed E-state index contributed by atoms with van der Waals surface area (Å²) < 4.78 is 1.67. The van der Waals surface area contributed by atoms with Gasteiger partial charge in [0.1, 0.15) is 5.69 Å². The van der Waals surface area contributed by atoms with E-state index in [-0.39, 0.29) is 5.91 Å². The summed E-state index contributed by atoms with van der Waals surface area (Å²) >= 11 is 0. The van der Waals surface area contributed by atoms with Crippen molar-refractivity contribution in [1.29, 1.82) is 0 Å². The van der Waals surface area contributed by atoms with Crippen LogP contribution in [-0.4, -0.2) is 20.9 Å². The molecule has 1 aliphatic heterocycles. The molecule has 0 fully saturated rings. The molecule has 5 nitrogen and oxygen atoms in total. The summed E-state index contributed by atoms with van der Waals surface area (Å²) in [5.74, 6) is -0.198. The van der Waals surface area contributed by atoms with Crippen LogP contribution >= 0.6 is 0 Å². The molecule has 2 aromatic rings. The zero-order valence-corrected chi connectivity index (χ0v) is 11.6. The van der Waals surface area contributed by atoms with Gasteiger partial charge in [0, 0.05) is 29.4 Å². The van der Waals surface area contributed by atoms with Crippen LogP contribution in [0.2, 0.25) is 0 Å². The largest absolute Gasteiger partial charge is 0.321 e. The molecule has 1 N–H and O–H groups in total. The molecule has 104 valence electrons. The first-order valence-electron chi connectivity index (χ1n) is 6.47. The second-order valence-corrected chi connectivity index (χ2v) is 4.65. The Bertz CT molecular complexity index is 798. The maximum absolute atomic E-state index is 12.4. The number of allylic oxidation sites excluding steroid dienone is 3. The van der Waals surface area contributed by atoms with E-state index in [2.05, 4.69) is 28.8 Å². The molecule has 5 heteroatoms. The molecule has 21 heavy (non-hydrogen) atoms. The summed E-state index contributed by atoms with van der Waals surface area (Å²) in [6.07, 6.45) is 3.27. The Morgan fingerprint density at radius 1 is 1.19 bits per heavy atom. The Labute approximate surface area is 122 Å². The zero-order chi connectivity index (χ0) is 15.0. The van der Waals surface area contributed by atoms with Crippen molar-refractivity contribution in [3.8, 4) is 11.3 Å². The van der Waals surface area contributed by atoms with E-state index in [4.69, 9.17) is 0 Å². The van der Waals surface area contributed by atoms with Crippen molar-refractivity contribution < 1.29 is 4.79 Å². The van der Waals surface area contributed by atoms with E-state index >= 15 is 0 Å². The number of amides is 1. The van der Waals surface area contributed by atoms with Gasteiger partial charge in [-0.25, -0.2) is 4.68 Å². The van der Waals surface area contributed by atoms with Gasteiger partial charge in [-0.3, -0.25) is 4.79 Å². The Hall–Kier alpha value is -2.95. The van der Waals surface area contributed by atoms with Crippen molar-refractivity contribution in [2.24, 2.45) is 7.05 Å². The van der Waals surface area contributed by atoms with Crippen molar-refractivity contribution >= 4 is 11.5 Å². The molecule has 0 saturated heterocycles. The summed E-state index contributed by atoms with van der Waals surface area (Å²) in [5, 5.41) is 11.2. The number of nitrogens with one attached hydrogen (secondary N) is 1.